The summed E-state index contributed by atoms with van der Waals surface area (Å²) >= 11 is 0. The summed E-state index contributed by atoms with van der Waals surface area (Å²) in [6.45, 7) is 3.84. The van der Waals surface area contributed by atoms with Crippen molar-refractivity contribution < 1.29 is 19.3 Å². The maximum Gasteiger partial charge on any atom is 0.161 e. The first kappa shape index (κ1) is 16.6. The van der Waals surface area contributed by atoms with Crippen molar-refractivity contribution in [2.75, 3.05) is 40.0 Å². The van der Waals surface area contributed by atoms with E-state index in [-0.39, 0.29) is 6.10 Å². The fraction of sp³-hybridized carbons (Fsp3) is 0.667. The van der Waals surface area contributed by atoms with Crippen LogP contribution in [0.2, 0.25) is 0 Å². The molecule has 1 saturated carbocycles. The van der Waals surface area contributed by atoms with E-state index in [0.717, 1.165) is 57.1 Å². The molecule has 0 unspecified atom stereocenters. The molecule has 1 aromatic carbocycles. The molecule has 0 aromatic heterocycles. The fourth-order valence-electron chi connectivity index (χ4n) is 3.76. The number of para-hydroxylation sites is 2. The van der Waals surface area contributed by atoms with Crippen molar-refractivity contribution in [2.24, 2.45) is 5.92 Å². The van der Waals surface area contributed by atoms with Crippen molar-refractivity contribution in [3.8, 4) is 11.5 Å². The number of hydrogen-bond acceptors (Lipinski definition) is 5. The first-order chi connectivity index (χ1) is 11.3. The van der Waals surface area contributed by atoms with Crippen LogP contribution in [-0.4, -0.2) is 62.2 Å². The van der Waals surface area contributed by atoms with Crippen molar-refractivity contribution >= 4 is 0 Å². The van der Waals surface area contributed by atoms with Crippen molar-refractivity contribution in [3.05, 3.63) is 24.3 Å². The predicted molar refractivity (Wildman–Crippen MR) is 88.0 cm³/mol. The summed E-state index contributed by atoms with van der Waals surface area (Å²) < 4.78 is 16.9. The van der Waals surface area contributed by atoms with Gasteiger partial charge in [0.2, 0.25) is 0 Å². The number of methoxy groups -OCH3 is 1. The molecule has 1 heterocycles. The topological polar surface area (TPSA) is 51.2 Å². The Morgan fingerprint density at radius 3 is 2.83 bits per heavy atom. The maximum atomic E-state index is 10.2. The molecular formula is C18H27NO4. The van der Waals surface area contributed by atoms with Crippen LogP contribution in [0.25, 0.3) is 0 Å². The molecule has 128 valence electrons. The highest BCUT2D eigenvalue weighted by atomic mass is 16.5. The zero-order valence-electron chi connectivity index (χ0n) is 13.8. The Balaban J connectivity index is 1.55. The zero-order valence-corrected chi connectivity index (χ0v) is 13.8. The lowest BCUT2D eigenvalue weighted by atomic mass is 9.94. The first-order valence-electron chi connectivity index (χ1n) is 8.55. The number of nitrogens with zero attached hydrogens (tertiary/aromatic N) is 1. The van der Waals surface area contributed by atoms with Crippen LogP contribution in [0.3, 0.4) is 0 Å². The van der Waals surface area contributed by atoms with Gasteiger partial charge in [0.25, 0.3) is 0 Å². The van der Waals surface area contributed by atoms with Gasteiger partial charge >= 0.3 is 0 Å². The molecule has 2 fully saturated rings. The van der Waals surface area contributed by atoms with Crippen molar-refractivity contribution in [2.45, 2.75) is 31.4 Å². The minimum absolute atomic E-state index is 0.181. The molecular weight excluding hydrogens is 294 g/mol. The summed E-state index contributed by atoms with van der Waals surface area (Å²) in [7, 11) is 1.65. The molecule has 0 radical (unpaired) electrons. The summed E-state index contributed by atoms with van der Waals surface area (Å²) in [6, 6.07) is 8.02. The molecule has 1 saturated heterocycles. The normalized spacial score (nSPS) is 28.7. The third-order valence-corrected chi connectivity index (χ3v) is 5.01. The lowest BCUT2D eigenvalue weighted by Gasteiger charge is -2.40. The summed E-state index contributed by atoms with van der Waals surface area (Å²) in [5.74, 6) is 1.87. The number of hydrogen-bond donors (Lipinski definition) is 1. The van der Waals surface area contributed by atoms with Crippen LogP contribution in [0.1, 0.15) is 19.3 Å². The molecule has 5 heteroatoms. The van der Waals surface area contributed by atoms with E-state index in [9.17, 15) is 5.11 Å². The van der Waals surface area contributed by atoms with Gasteiger partial charge < -0.3 is 19.3 Å². The van der Waals surface area contributed by atoms with Crippen LogP contribution in [0.4, 0.5) is 0 Å². The Labute approximate surface area is 138 Å². The van der Waals surface area contributed by atoms with E-state index in [2.05, 4.69) is 4.90 Å². The number of ether oxygens (including phenoxy) is 3. The monoisotopic (exact) mass is 321 g/mol. The second-order valence-electron chi connectivity index (χ2n) is 6.34. The number of aliphatic hydroxyl groups excluding tert-OH is 1. The molecule has 3 atom stereocenters. The largest absolute Gasteiger partial charge is 0.493 e. The minimum Gasteiger partial charge on any atom is -0.493 e. The molecule has 2 aliphatic rings. The van der Waals surface area contributed by atoms with Gasteiger partial charge in [-0.1, -0.05) is 18.6 Å². The average Bonchev–Trinajstić information content (AvgIpc) is 3.01. The Hall–Kier alpha value is -1.30. The third-order valence-electron chi connectivity index (χ3n) is 5.01. The molecule has 23 heavy (non-hydrogen) atoms. The van der Waals surface area contributed by atoms with Crippen LogP contribution in [0, 0.1) is 5.92 Å². The van der Waals surface area contributed by atoms with Gasteiger partial charge in [0.1, 0.15) is 6.61 Å². The van der Waals surface area contributed by atoms with Crippen LogP contribution >= 0.6 is 0 Å². The quantitative estimate of drug-likeness (QED) is 0.868. The summed E-state index contributed by atoms with van der Waals surface area (Å²) in [5.41, 5.74) is 0. The van der Waals surface area contributed by atoms with Crippen molar-refractivity contribution in [1.29, 1.82) is 0 Å². The molecule has 0 bridgehead atoms. The molecule has 0 spiro atoms. The summed E-state index contributed by atoms with van der Waals surface area (Å²) in [5, 5.41) is 10.2. The van der Waals surface area contributed by atoms with Crippen LogP contribution < -0.4 is 9.47 Å². The molecule has 1 N–H and O–H groups in total. The van der Waals surface area contributed by atoms with E-state index in [4.69, 9.17) is 14.2 Å². The molecule has 1 aliphatic carbocycles. The van der Waals surface area contributed by atoms with Gasteiger partial charge in [0, 0.05) is 25.0 Å². The molecule has 5 nitrogen and oxygen atoms in total. The van der Waals surface area contributed by atoms with Crippen molar-refractivity contribution in [3.63, 3.8) is 0 Å². The predicted octanol–water partition coefficient (Wildman–Crippen LogP) is 1.94. The van der Waals surface area contributed by atoms with Gasteiger partial charge in [0.05, 0.1) is 26.4 Å². The van der Waals surface area contributed by atoms with Crippen molar-refractivity contribution in [1.82, 2.24) is 4.90 Å². The van der Waals surface area contributed by atoms with E-state index in [0.29, 0.717) is 18.6 Å². The van der Waals surface area contributed by atoms with Crippen LogP contribution in [0.5, 0.6) is 11.5 Å². The van der Waals surface area contributed by atoms with Gasteiger partial charge in [-0.3, -0.25) is 4.90 Å². The highest BCUT2D eigenvalue weighted by Gasteiger charge is 2.37. The SMILES string of the molecule is COc1ccccc1OCCN1CCOC[C@@H]1[C@@H]1CCC[C@H]1O. The molecule has 0 amide bonds. The number of rotatable bonds is 6. The average molecular weight is 321 g/mol. The number of benzene rings is 1. The van der Waals surface area contributed by atoms with Gasteiger partial charge in [-0.25, -0.2) is 0 Å². The van der Waals surface area contributed by atoms with E-state index in [1.54, 1.807) is 7.11 Å². The fourth-order valence-corrected chi connectivity index (χ4v) is 3.76. The lowest BCUT2D eigenvalue weighted by Crippen LogP contribution is -2.52. The lowest BCUT2D eigenvalue weighted by molar-refractivity contribution is -0.0532. The maximum absolute atomic E-state index is 10.2. The van der Waals surface area contributed by atoms with E-state index in [1.165, 1.54) is 0 Å². The second kappa shape index (κ2) is 7.99. The van der Waals surface area contributed by atoms with E-state index in [1.807, 2.05) is 24.3 Å². The zero-order chi connectivity index (χ0) is 16.1. The third kappa shape index (κ3) is 3.97. The standard InChI is InChI=1S/C18H27NO4/c1-21-17-7-2-3-8-18(17)23-12-10-19-9-11-22-13-15(19)14-5-4-6-16(14)20/h2-3,7-8,14-16,20H,4-6,9-13H2,1H3/t14-,15+,16+/m0/s1. The number of aliphatic hydroxyl groups is 1. The molecule has 1 aromatic rings. The van der Waals surface area contributed by atoms with Gasteiger partial charge in [-0.05, 0) is 25.0 Å². The summed E-state index contributed by atoms with van der Waals surface area (Å²) in [6.07, 6.45) is 2.96. The van der Waals surface area contributed by atoms with Gasteiger partial charge in [-0.2, -0.15) is 0 Å². The second-order valence-corrected chi connectivity index (χ2v) is 6.34. The Morgan fingerprint density at radius 2 is 2.09 bits per heavy atom. The highest BCUT2D eigenvalue weighted by Crippen LogP contribution is 2.32. The smallest absolute Gasteiger partial charge is 0.161 e. The van der Waals surface area contributed by atoms with Gasteiger partial charge in [0.15, 0.2) is 11.5 Å². The van der Waals surface area contributed by atoms with Crippen LogP contribution in [0.15, 0.2) is 24.3 Å². The van der Waals surface area contributed by atoms with Crippen LogP contribution in [-0.2, 0) is 4.74 Å². The molecule has 3 rings (SSSR count). The van der Waals surface area contributed by atoms with E-state index < -0.39 is 0 Å². The Bertz CT molecular complexity index is 496. The van der Waals surface area contributed by atoms with E-state index >= 15 is 0 Å². The highest BCUT2D eigenvalue weighted by molar-refractivity contribution is 5.39. The Morgan fingerprint density at radius 1 is 1.26 bits per heavy atom. The summed E-state index contributed by atoms with van der Waals surface area (Å²) in [4.78, 5) is 2.41. The first-order valence-corrected chi connectivity index (χ1v) is 8.55. The minimum atomic E-state index is -0.181. The van der Waals surface area contributed by atoms with Gasteiger partial charge in [-0.15, -0.1) is 0 Å². The Kier molecular flexibility index (Phi) is 5.75. The molecule has 1 aliphatic heterocycles. The number of morpholine rings is 1.